The van der Waals surface area contributed by atoms with Gasteiger partial charge in [0, 0.05) is 31.0 Å². The zero-order chi connectivity index (χ0) is 21.6. The molecular weight excluding hydrogens is 395 g/mol. The van der Waals surface area contributed by atoms with E-state index < -0.39 is 11.7 Å². The van der Waals surface area contributed by atoms with E-state index in [0.29, 0.717) is 22.3 Å². The summed E-state index contributed by atoms with van der Waals surface area (Å²) in [7, 11) is 0. The van der Waals surface area contributed by atoms with Crippen molar-refractivity contribution in [2.75, 3.05) is 13.1 Å². The Morgan fingerprint density at radius 3 is 2.07 bits per heavy atom. The highest BCUT2D eigenvalue weighted by Crippen LogP contribution is 2.32. The van der Waals surface area contributed by atoms with E-state index in [-0.39, 0.29) is 24.9 Å². The number of halogens is 3. The number of pyridine rings is 1. The molecule has 5 nitrogen and oxygen atoms in total. The number of carbonyl (C=O) groups is 2. The number of hydrogen-bond acceptors (Lipinski definition) is 3. The van der Waals surface area contributed by atoms with E-state index in [1.54, 1.807) is 48.7 Å². The van der Waals surface area contributed by atoms with E-state index in [2.05, 4.69) is 15.6 Å². The summed E-state index contributed by atoms with van der Waals surface area (Å²) in [6, 6.07) is 14.6. The van der Waals surface area contributed by atoms with E-state index in [9.17, 15) is 22.8 Å². The molecule has 2 N–H and O–H groups in total. The molecule has 0 bridgehead atoms. The van der Waals surface area contributed by atoms with Crippen LogP contribution in [0.25, 0.3) is 11.1 Å². The molecule has 0 unspecified atom stereocenters. The predicted octanol–water partition coefficient (Wildman–Crippen LogP) is 3.93. The van der Waals surface area contributed by atoms with Gasteiger partial charge in [-0.1, -0.05) is 24.3 Å². The lowest BCUT2D eigenvalue weighted by Crippen LogP contribution is -2.34. The van der Waals surface area contributed by atoms with E-state index in [0.717, 1.165) is 12.1 Å². The maximum absolute atomic E-state index is 12.9. The number of benzene rings is 2. The molecule has 0 saturated carbocycles. The third-order valence-corrected chi connectivity index (χ3v) is 4.29. The lowest BCUT2D eigenvalue weighted by molar-refractivity contribution is -0.137. The molecule has 2 amide bonds. The fourth-order valence-corrected chi connectivity index (χ4v) is 2.74. The molecule has 3 rings (SSSR count). The van der Waals surface area contributed by atoms with Crippen LogP contribution in [0.15, 0.2) is 73.1 Å². The van der Waals surface area contributed by atoms with Gasteiger partial charge >= 0.3 is 6.18 Å². The monoisotopic (exact) mass is 413 g/mol. The minimum atomic E-state index is -4.41. The molecule has 154 valence electrons. The van der Waals surface area contributed by atoms with Crippen LogP contribution < -0.4 is 10.6 Å². The highest BCUT2D eigenvalue weighted by atomic mass is 19.4. The zero-order valence-corrected chi connectivity index (χ0v) is 15.7. The molecule has 2 aromatic carbocycles. The number of nitrogens with zero attached hydrogens (tertiary/aromatic N) is 1. The molecule has 0 saturated heterocycles. The van der Waals surface area contributed by atoms with Crippen molar-refractivity contribution < 1.29 is 22.8 Å². The van der Waals surface area contributed by atoms with Gasteiger partial charge in [-0.15, -0.1) is 0 Å². The third kappa shape index (κ3) is 5.44. The summed E-state index contributed by atoms with van der Waals surface area (Å²) >= 11 is 0. The van der Waals surface area contributed by atoms with E-state index in [4.69, 9.17) is 0 Å². The summed E-state index contributed by atoms with van der Waals surface area (Å²) in [6.45, 7) is 0.460. The number of carbonyl (C=O) groups excluding carboxylic acids is 2. The Kier molecular flexibility index (Phi) is 6.46. The van der Waals surface area contributed by atoms with Gasteiger partial charge in [-0.2, -0.15) is 13.2 Å². The maximum Gasteiger partial charge on any atom is 0.416 e. The van der Waals surface area contributed by atoms with Gasteiger partial charge in [0.05, 0.1) is 11.1 Å². The molecule has 30 heavy (non-hydrogen) atoms. The number of nitrogens with one attached hydrogen (secondary N) is 2. The van der Waals surface area contributed by atoms with Crippen LogP contribution in [-0.4, -0.2) is 29.9 Å². The fraction of sp³-hybridized carbons (Fsp3) is 0.136. The maximum atomic E-state index is 12.9. The summed E-state index contributed by atoms with van der Waals surface area (Å²) in [5, 5.41) is 5.34. The summed E-state index contributed by atoms with van der Waals surface area (Å²) in [5.41, 5.74) is 1.05. The van der Waals surface area contributed by atoms with E-state index >= 15 is 0 Å². The summed E-state index contributed by atoms with van der Waals surface area (Å²) < 4.78 is 38.6. The first kappa shape index (κ1) is 21.0. The average molecular weight is 413 g/mol. The van der Waals surface area contributed by atoms with Crippen LogP contribution in [0, 0.1) is 0 Å². The van der Waals surface area contributed by atoms with E-state index in [1.165, 1.54) is 12.3 Å². The van der Waals surface area contributed by atoms with Crippen molar-refractivity contribution in [2.45, 2.75) is 6.18 Å². The Hall–Kier alpha value is -3.68. The molecule has 1 aromatic heterocycles. The number of rotatable bonds is 6. The number of amides is 2. The smallest absolute Gasteiger partial charge is 0.350 e. The zero-order valence-electron chi connectivity index (χ0n) is 15.7. The van der Waals surface area contributed by atoms with Crippen LogP contribution in [-0.2, 0) is 6.18 Å². The molecule has 0 radical (unpaired) electrons. The minimum Gasteiger partial charge on any atom is -0.350 e. The molecule has 0 aliphatic rings. The van der Waals surface area contributed by atoms with Crippen molar-refractivity contribution in [3.63, 3.8) is 0 Å². The van der Waals surface area contributed by atoms with Gasteiger partial charge in [0.15, 0.2) is 0 Å². The second-order valence-corrected chi connectivity index (χ2v) is 6.41. The van der Waals surface area contributed by atoms with Crippen LogP contribution in [0.1, 0.15) is 26.3 Å². The Morgan fingerprint density at radius 2 is 1.47 bits per heavy atom. The Labute approximate surface area is 171 Å². The normalized spacial score (nSPS) is 11.0. The molecule has 0 fully saturated rings. The molecule has 3 aromatic rings. The van der Waals surface area contributed by atoms with Gasteiger partial charge in [-0.05, 0) is 47.5 Å². The molecule has 0 aliphatic carbocycles. The lowest BCUT2D eigenvalue weighted by Gasteiger charge is -2.10. The van der Waals surface area contributed by atoms with Crippen LogP contribution in [0.5, 0.6) is 0 Å². The molecular formula is C22H18F3N3O2. The van der Waals surface area contributed by atoms with Gasteiger partial charge in [-0.3, -0.25) is 14.6 Å². The summed E-state index contributed by atoms with van der Waals surface area (Å²) in [5.74, 6) is -0.635. The number of aromatic nitrogens is 1. The third-order valence-electron chi connectivity index (χ3n) is 4.29. The lowest BCUT2D eigenvalue weighted by atomic mass is 10.0. The van der Waals surface area contributed by atoms with Crippen molar-refractivity contribution in [1.29, 1.82) is 0 Å². The van der Waals surface area contributed by atoms with Crippen molar-refractivity contribution >= 4 is 11.8 Å². The SMILES string of the molecule is O=C(NCCNC(=O)c1cccnc1)c1ccc(-c2cccc(C(F)(F)F)c2)cc1. The first-order valence-corrected chi connectivity index (χ1v) is 9.09. The van der Waals surface area contributed by atoms with Crippen LogP contribution in [0.3, 0.4) is 0 Å². The molecule has 1 heterocycles. The highest BCUT2D eigenvalue weighted by Gasteiger charge is 2.30. The van der Waals surface area contributed by atoms with E-state index in [1.807, 2.05) is 0 Å². The van der Waals surface area contributed by atoms with Gasteiger partial charge in [0.1, 0.15) is 0 Å². The first-order chi connectivity index (χ1) is 14.3. The van der Waals surface area contributed by atoms with Crippen molar-refractivity contribution in [3.05, 3.63) is 89.7 Å². The molecule has 0 atom stereocenters. The molecule has 0 spiro atoms. The number of hydrogen-bond donors (Lipinski definition) is 2. The molecule has 0 aliphatic heterocycles. The van der Waals surface area contributed by atoms with Gasteiger partial charge in [0.25, 0.3) is 11.8 Å². The minimum absolute atomic E-state index is 0.222. The van der Waals surface area contributed by atoms with Crippen molar-refractivity contribution in [3.8, 4) is 11.1 Å². The second kappa shape index (κ2) is 9.21. The summed E-state index contributed by atoms with van der Waals surface area (Å²) in [6.07, 6.45) is -1.41. The van der Waals surface area contributed by atoms with Crippen LogP contribution in [0.4, 0.5) is 13.2 Å². The Bertz CT molecular complexity index is 1020. The standard InChI is InChI=1S/C22H18F3N3O2/c23-22(24,25)19-5-1-3-17(13-19)15-6-8-16(9-7-15)20(29)27-11-12-28-21(30)18-4-2-10-26-14-18/h1-10,13-14H,11-12H2,(H,27,29)(H,28,30). The largest absolute Gasteiger partial charge is 0.416 e. The van der Waals surface area contributed by atoms with Crippen molar-refractivity contribution in [1.82, 2.24) is 15.6 Å². The van der Waals surface area contributed by atoms with Gasteiger partial charge in [0.2, 0.25) is 0 Å². The van der Waals surface area contributed by atoms with Gasteiger partial charge < -0.3 is 10.6 Å². The highest BCUT2D eigenvalue weighted by molar-refractivity contribution is 5.95. The second-order valence-electron chi connectivity index (χ2n) is 6.41. The predicted molar refractivity (Wildman–Crippen MR) is 106 cm³/mol. The van der Waals surface area contributed by atoms with Crippen LogP contribution in [0.2, 0.25) is 0 Å². The summed E-state index contributed by atoms with van der Waals surface area (Å²) in [4.78, 5) is 28.0. The Morgan fingerprint density at radius 1 is 0.800 bits per heavy atom. The molecule has 8 heteroatoms. The number of alkyl halides is 3. The van der Waals surface area contributed by atoms with Crippen molar-refractivity contribution in [2.24, 2.45) is 0 Å². The van der Waals surface area contributed by atoms with Gasteiger partial charge in [-0.25, -0.2) is 0 Å². The Balaban J connectivity index is 1.53. The topological polar surface area (TPSA) is 71.1 Å². The quantitative estimate of drug-likeness (QED) is 0.602. The average Bonchev–Trinajstić information content (AvgIpc) is 2.76. The van der Waals surface area contributed by atoms with Crippen LogP contribution >= 0.6 is 0 Å². The fourth-order valence-electron chi connectivity index (χ4n) is 2.74. The first-order valence-electron chi connectivity index (χ1n) is 9.09.